The van der Waals surface area contributed by atoms with E-state index in [1.807, 2.05) is 0 Å². The number of rotatable bonds is 2. The Bertz CT molecular complexity index is 940. The van der Waals surface area contributed by atoms with E-state index in [0.717, 1.165) is 11.3 Å². The predicted molar refractivity (Wildman–Crippen MR) is 87.3 cm³/mol. The molecule has 2 heterocycles. The number of ether oxygens (including phenoxy) is 2. The molecule has 1 N–H and O–H groups in total. The van der Waals surface area contributed by atoms with Crippen molar-refractivity contribution in [1.82, 2.24) is 0 Å². The van der Waals surface area contributed by atoms with E-state index in [4.69, 9.17) is 21.1 Å². The molecule has 116 valence electrons. The van der Waals surface area contributed by atoms with Gasteiger partial charge in [-0.2, -0.15) is 0 Å². The lowest BCUT2D eigenvalue weighted by atomic mass is 10.2. The van der Waals surface area contributed by atoms with Crippen LogP contribution in [0.2, 0.25) is 5.02 Å². The van der Waals surface area contributed by atoms with Gasteiger partial charge in [-0.3, -0.25) is 4.79 Å². The standard InChI is InChI=1S/C16H9ClFNO3S/c17-14-10-3-1-8(18)5-13(10)23-15(14)16(20)19-9-2-4-11-12(6-9)22-7-21-11/h1-6H,7H2,(H,19,20). The van der Waals surface area contributed by atoms with Crippen LogP contribution in [0.5, 0.6) is 11.5 Å². The molecule has 0 saturated heterocycles. The molecule has 0 saturated carbocycles. The minimum Gasteiger partial charge on any atom is -0.454 e. The Balaban J connectivity index is 1.65. The lowest BCUT2D eigenvalue weighted by molar-refractivity contribution is 0.103. The molecule has 23 heavy (non-hydrogen) atoms. The number of hydrogen-bond donors (Lipinski definition) is 1. The second kappa shape index (κ2) is 5.40. The summed E-state index contributed by atoms with van der Waals surface area (Å²) in [6.45, 7) is 0.167. The monoisotopic (exact) mass is 349 g/mol. The van der Waals surface area contributed by atoms with E-state index in [-0.39, 0.29) is 18.5 Å². The first-order valence-corrected chi connectivity index (χ1v) is 7.90. The third-order valence-corrected chi connectivity index (χ3v) is 5.08. The van der Waals surface area contributed by atoms with Crippen LogP contribution in [0.1, 0.15) is 9.67 Å². The Morgan fingerprint density at radius 3 is 2.87 bits per heavy atom. The molecule has 0 aliphatic carbocycles. The van der Waals surface area contributed by atoms with Crippen LogP contribution in [-0.2, 0) is 0 Å². The molecular formula is C16H9ClFNO3S. The summed E-state index contributed by atoms with van der Waals surface area (Å²) in [5.41, 5.74) is 0.568. The van der Waals surface area contributed by atoms with Crippen molar-refractivity contribution < 1.29 is 18.7 Å². The van der Waals surface area contributed by atoms with Gasteiger partial charge in [0.15, 0.2) is 11.5 Å². The van der Waals surface area contributed by atoms with Crippen molar-refractivity contribution >= 4 is 44.6 Å². The van der Waals surface area contributed by atoms with Crippen LogP contribution < -0.4 is 14.8 Å². The van der Waals surface area contributed by atoms with Crippen molar-refractivity contribution in [1.29, 1.82) is 0 Å². The molecular weight excluding hydrogens is 341 g/mol. The molecule has 0 radical (unpaired) electrons. The first-order chi connectivity index (χ1) is 11.1. The topological polar surface area (TPSA) is 47.6 Å². The molecule has 0 atom stereocenters. The fourth-order valence-corrected chi connectivity index (χ4v) is 3.78. The Kier molecular flexibility index (Phi) is 3.36. The van der Waals surface area contributed by atoms with Gasteiger partial charge in [-0.25, -0.2) is 4.39 Å². The van der Waals surface area contributed by atoms with Crippen LogP contribution in [0.25, 0.3) is 10.1 Å². The lowest BCUT2D eigenvalue weighted by Gasteiger charge is -2.05. The predicted octanol–water partition coefficient (Wildman–Crippen LogP) is 4.67. The zero-order chi connectivity index (χ0) is 16.0. The van der Waals surface area contributed by atoms with Crippen LogP contribution in [0.15, 0.2) is 36.4 Å². The fourth-order valence-electron chi connectivity index (χ4n) is 2.35. The van der Waals surface area contributed by atoms with E-state index in [1.165, 1.54) is 12.1 Å². The summed E-state index contributed by atoms with van der Waals surface area (Å²) in [6, 6.07) is 9.37. The molecule has 0 spiro atoms. The molecule has 1 aliphatic heterocycles. The quantitative estimate of drug-likeness (QED) is 0.731. The molecule has 7 heteroatoms. The Morgan fingerprint density at radius 2 is 2.00 bits per heavy atom. The summed E-state index contributed by atoms with van der Waals surface area (Å²) < 4.78 is 24.4. The number of thiophene rings is 1. The van der Waals surface area contributed by atoms with E-state index in [1.54, 1.807) is 24.3 Å². The summed E-state index contributed by atoms with van der Waals surface area (Å²) >= 11 is 7.40. The zero-order valence-corrected chi connectivity index (χ0v) is 13.1. The molecule has 4 nitrogen and oxygen atoms in total. The maximum atomic E-state index is 13.3. The first-order valence-electron chi connectivity index (χ1n) is 6.70. The van der Waals surface area contributed by atoms with Gasteiger partial charge in [0.1, 0.15) is 10.7 Å². The van der Waals surface area contributed by atoms with E-state index >= 15 is 0 Å². The van der Waals surface area contributed by atoms with Crippen molar-refractivity contribution in [2.75, 3.05) is 12.1 Å². The zero-order valence-electron chi connectivity index (χ0n) is 11.6. The number of carbonyl (C=O) groups excluding carboxylic acids is 1. The highest BCUT2D eigenvalue weighted by Gasteiger charge is 2.19. The number of halogens is 2. The first kappa shape index (κ1) is 14.3. The minimum absolute atomic E-state index is 0.167. The second-order valence-electron chi connectivity index (χ2n) is 4.91. The van der Waals surface area contributed by atoms with Crippen LogP contribution in [0, 0.1) is 5.82 Å². The summed E-state index contributed by atoms with van der Waals surface area (Å²) in [7, 11) is 0. The highest BCUT2D eigenvalue weighted by Crippen LogP contribution is 2.37. The Hall–Kier alpha value is -2.31. The number of fused-ring (bicyclic) bond motifs is 2. The van der Waals surface area contributed by atoms with E-state index in [9.17, 15) is 9.18 Å². The van der Waals surface area contributed by atoms with Gasteiger partial charge < -0.3 is 14.8 Å². The molecule has 1 aromatic heterocycles. The number of benzene rings is 2. The van der Waals surface area contributed by atoms with Crippen molar-refractivity contribution in [3.63, 3.8) is 0 Å². The van der Waals surface area contributed by atoms with Crippen LogP contribution >= 0.6 is 22.9 Å². The van der Waals surface area contributed by atoms with E-state index in [0.29, 0.717) is 37.2 Å². The summed E-state index contributed by atoms with van der Waals surface area (Å²) in [4.78, 5) is 12.8. The van der Waals surface area contributed by atoms with Gasteiger partial charge >= 0.3 is 0 Å². The van der Waals surface area contributed by atoms with Gasteiger partial charge in [0, 0.05) is 21.8 Å². The maximum absolute atomic E-state index is 13.3. The largest absolute Gasteiger partial charge is 0.454 e. The van der Waals surface area contributed by atoms with Crippen molar-refractivity contribution in [2.45, 2.75) is 0 Å². The number of anilines is 1. The summed E-state index contributed by atoms with van der Waals surface area (Å²) in [5.74, 6) is 0.499. The van der Waals surface area contributed by atoms with Crippen LogP contribution in [0.4, 0.5) is 10.1 Å². The third-order valence-electron chi connectivity index (χ3n) is 3.43. The Morgan fingerprint density at radius 1 is 1.17 bits per heavy atom. The van der Waals surface area contributed by atoms with Gasteiger partial charge in [0.2, 0.25) is 6.79 Å². The Labute approximate surface area is 139 Å². The van der Waals surface area contributed by atoms with E-state index < -0.39 is 0 Å². The van der Waals surface area contributed by atoms with Gasteiger partial charge in [0.05, 0.1) is 5.02 Å². The molecule has 3 aromatic rings. The van der Waals surface area contributed by atoms with Crippen molar-refractivity contribution in [3.05, 3.63) is 52.1 Å². The average molecular weight is 350 g/mol. The van der Waals surface area contributed by atoms with E-state index in [2.05, 4.69) is 5.32 Å². The van der Waals surface area contributed by atoms with Crippen LogP contribution in [-0.4, -0.2) is 12.7 Å². The van der Waals surface area contributed by atoms with Gasteiger partial charge in [-0.15, -0.1) is 11.3 Å². The van der Waals surface area contributed by atoms with Crippen molar-refractivity contribution in [2.24, 2.45) is 0 Å². The maximum Gasteiger partial charge on any atom is 0.267 e. The third kappa shape index (κ3) is 2.50. The number of nitrogens with one attached hydrogen (secondary N) is 1. The fraction of sp³-hybridized carbons (Fsp3) is 0.0625. The summed E-state index contributed by atoms with van der Waals surface area (Å²) in [5, 5.41) is 3.75. The molecule has 2 aromatic carbocycles. The van der Waals surface area contributed by atoms with Crippen LogP contribution in [0.3, 0.4) is 0 Å². The normalized spacial score (nSPS) is 12.6. The second-order valence-corrected chi connectivity index (χ2v) is 6.34. The van der Waals surface area contributed by atoms with Gasteiger partial charge in [-0.1, -0.05) is 11.6 Å². The number of amides is 1. The molecule has 1 amide bonds. The average Bonchev–Trinajstić information content (AvgIpc) is 3.11. The smallest absolute Gasteiger partial charge is 0.267 e. The van der Waals surface area contributed by atoms with Gasteiger partial charge in [-0.05, 0) is 30.3 Å². The molecule has 4 rings (SSSR count). The number of carbonyl (C=O) groups is 1. The lowest BCUT2D eigenvalue weighted by Crippen LogP contribution is -2.10. The highest BCUT2D eigenvalue weighted by molar-refractivity contribution is 7.21. The minimum atomic E-state index is -0.363. The van der Waals surface area contributed by atoms with Gasteiger partial charge in [0.25, 0.3) is 5.91 Å². The van der Waals surface area contributed by atoms with Crippen molar-refractivity contribution in [3.8, 4) is 11.5 Å². The summed E-state index contributed by atoms with van der Waals surface area (Å²) in [6.07, 6.45) is 0. The SMILES string of the molecule is O=C(Nc1ccc2c(c1)OCO2)c1sc2cc(F)ccc2c1Cl. The molecule has 1 aliphatic rings. The molecule has 0 unspecified atom stereocenters. The number of hydrogen-bond acceptors (Lipinski definition) is 4. The highest BCUT2D eigenvalue weighted by atomic mass is 35.5. The molecule has 0 fully saturated rings. The molecule has 0 bridgehead atoms.